The minimum absolute atomic E-state index is 1.22. The van der Waals surface area contributed by atoms with Crippen molar-refractivity contribution in [2.45, 2.75) is 58.3 Å². The molecule has 0 aliphatic rings. The van der Waals surface area contributed by atoms with Crippen molar-refractivity contribution in [3.05, 3.63) is 0 Å². The number of rotatable bonds is 9. The quantitative estimate of drug-likeness (QED) is 0.324. The summed E-state index contributed by atoms with van der Waals surface area (Å²) in [5, 5.41) is 0. The highest BCUT2D eigenvalue weighted by molar-refractivity contribution is 8.68. The van der Waals surface area contributed by atoms with Crippen molar-refractivity contribution in [3.8, 4) is 0 Å². The molecule has 0 aromatic rings. The summed E-state index contributed by atoms with van der Waals surface area (Å²) in [5.74, 6) is 1.22. The van der Waals surface area contributed by atoms with E-state index in [-0.39, 0.29) is 0 Å². The zero-order valence-electron chi connectivity index (χ0n) is 8.22. The van der Waals surface area contributed by atoms with E-state index in [1.54, 1.807) is 10.8 Å². The van der Waals surface area contributed by atoms with Crippen LogP contribution in [0.5, 0.6) is 0 Å². The van der Waals surface area contributed by atoms with E-state index in [4.69, 9.17) is 0 Å². The highest BCUT2D eigenvalue weighted by Crippen LogP contribution is 2.12. The molecule has 0 saturated carbocycles. The molecule has 0 rings (SSSR count). The Morgan fingerprint density at radius 2 is 1.33 bits per heavy atom. The lowest BCUT2D eigenvalue weighted by Crippen LogP contribution is -1.81. The van der Waals surface area contributed by atoms with Crippen molar-refractivity contribution in [2.75, 3.05) is 5.75 Å². The Morgan fingerprint density at radius 3 is 1.83 bits per heavy atom. The lowest BCUT2D eigenvalue weighted by atomic mass is 10.1. The molecule has 0 aliphatic heterocycles. The summed E-state index contributed by atoms with van der Waals surface area (Å²) in [6, 6.07) is 0. The van der Waals surface area contributed by atoms with E-state index >= 15 is 0 Å². The zero-order chi connectivity index (χ0) is 9.07. The van der Waals surface area contributed by atoms with Crippen LogP contribution >= 0.6 is 22.5 Å². The molecule has 0 radical (unpaired) electrons. The Morgan fingerprint density at radius 1 is 0.833 bits per heavy atom. The van der Waals surface area contributed by atoms with Crippen LogP contribution in [0.15, 0.2) is 0 Å². The van der Waals surface area contributed by atoms with Crippen molar-refractivity contribution in [2.24, 2.45) is 0 Å². The molecule has 0 fully saturated rings. The number of hydrogen-bond donors (Lipinski definition) is 1. The molecule has 0 spiro atoms. The standard InChI is InChI=1S/C10H22S2/c1-2-3-4-5-6-7-8-9-10-12-11/h11H,2-10H2,1H3. The topological polar surface area (TPSA) is 0 Å². The van der Waals surface area contributed by atoms with E-state index < -0.39 is 0 Å². The van der Waals surface area contributed by atoms with Gasteiger partial charge in [-0.1, -0.05) is 62.7 Å². The SMILES string of the molecule is CCCCCCCCCCSS. The average molecular weight is 206 g/mol. The first kappa shape index (κ1) is 12.7. The Kier molecular flexibility index (Phi) is 12.4. The first-order valence-electron chi connectivity index (χ1n) is 5.18. The van der Waals surface area contributed by atoms with Gasteiger partial charge in [-0.05, 0) is 6.42 Å². The summed E-state index contributed by atoms with van der Waals surface area (Å²) in [6.07, 6.45) is 11.3. The molecule has 0 atom stereocenters. The van der Waals surface area contributed by atoms with Gasteiger partial charge in [-0.3, -0.25) is 0 Å². The van der Waals surface area contributed by atoms with Gasteiger partial charge in [-0.15, -0.1) is 11.7 Å². The van der Waals surface area contributed by atoms with Crippen LogP contribution in [-0.2, 0) is 0 Å². The molecule has 0 unspecified atom stereocenters. The Labute approximate surface area is 86.7 Å². The lowest BCUT2D eigenvalue weighted by molar-refractivity contribution is 0.586. The van der Waals surface area contributed by atoms with Gasteiger partial charge in [0.15, 0.2) is 0 Å². The van der Waals surface area contributed by atoms with Crippen LogP contribution in [0, 0.1) is 0 Å². The molecule has 0 aliphatic carbocycles. The minimum atomic E-state index is 1.22. The molecule has 0 aromatic carbocycles. The second-order valence-corrected chi connectivity index (χ2v) is 4.75. The van der Waals surface area contributed by atoms with Gasteiger partial charge in [0.2, 0.25) is 0 Å². The summed E-state index contributed by atoms with van der Waals surface area (Å²) < 4.78 is 0. The average Bonchev–Trinajstić information content (AvgIpc) is 2.10. The van der Waals surface area contributed by atoms with Gasteiger partial charge in [0.05, 0.1) is 0 Å². The molecule has 12 heavy (non-hydrogen) atoms. The monoisotopic (exact) mass is 206 g/mol. The van der Waals surface area contributed by atoms with Gasteiger partial charge in [-0.25, -0.2) is 0 Å². The van der Waals surface area contributed by atoms with Crippen molar-refractivity contribution in [1.82, 2.24) is 0 Å². The summed E-state index contributed by atoms with van der Waals surface area (Å²) in [6.45, 7) is 2.27. The maximum Gasteiger partial charge on any atom is 0.00345 e. The summed E-state index contributed by atoms with van der Waals surface area (Å²) in [7, 11) is 1.67. The molecule has 0 heterocycles. The third kappa shape index (κ3) is 10.7. The predicted octanol–water partition coefficient (Wildman–Crippen LogP) is 4.71. The second kappa shape index (κ2) is 11.7. The zero-order valence-corrected chi connectivity index (χ0v) is 9.93. The van der Waals surface area contributed by atoms with E-state index in [0.29, 0.717) is 0 Å². The van der Waals surface area contributed by atoms with E-state index in [9.17, 15) is 0 Å². The molecule has 0 amide bonds. The van der Waals surface area contributed by atoms with Gasteiger partial charge >= 0.3 is 0 Å². The van der Waals surface area contributed by atoms with Gasteiger partial charge < -0.3 is 0 Å². The highest BCUT2D eigenvalue weighted by atomic mass is 33.1. The first-order chi connectivity index (χ1) is 5.91. The Hall–Kier alpha value is 0.700. The molecule has 74 valence electrons. The Bertz CT molecular complexity index is 64.2. The normalized spacial score (nSPS) is 10.5. The molecule has 0 aromatic heterocycles. The maximum absolute atomic E-state index is 4.11. The lowest BCUT2D eigenvalue weighted by Gasteiger charge is -1.99. The molecule has 0 saturated heterocycles. The Balaban J connectivity index is 2.73. The smallest absolute Gasteiger partial charge is 0.00345 e. The van der Waals surface area contributed by atoms with Crippen LogP contribution < -0.4 is 0 Å². The number of unbranched alkanes of at least 4 members (excludes halogenated alkanes) is 7. The fourth-order valence-corrected chi connectivity index (χ4v) is 2.02. The van der Waals surface area contributed by atoms with Crippen LogP contribution in [0.1, 0.15) is 58.3 Å². The van der Waals surface area contributed by atoms with E-state index in [1.165, 1.54) is 57.1 Å². The molecular weight excluding hydrogens is 184 g/mol. The third-order valence-electron chi connectivity index (χ3n) is 2.09. The molecule has 0 nitrogen and oxygen atoms in total. The number of thiol groups is 1. The molecular formula is C10H22S2. The summed E-state index contributed by atoms with van der Waals surface area (Å²) >= 11 is 4.11. The van der Waals surface area contributed by atoms with Gasteiger partial charge in [0.25, 0.3) is 0 Å². The van der Waals surface area contributed by atoms with Crippen LogP contribution in [-0.4, -0.2) is 5.75 Å². The fourth-order valence-electron chi connectivity index (χ4n) is 1.30. The fraction of sp³-hybridized carbons (Fsp3) is 1.00. The van der Waals surface area contributed by atoms with Crippen LogP contribution in [0.3, 0.4) is 0 Å². The largest absolute Gasteiger partial charge is 0.111 e. The van der Waals surface area contributed by atoms with E-state index in [1.807, 2.05) is 0 Å². The first-order valence-corrected chi connectivity index (χ1v) is 7.22. The van der Waals surface area contributed by atoms with Crippen LogP contribution in [0.2, 0.25) is 0 Å². The predicted molar refractivity (Wildman–Crippen MR) is 64.1 cm³/mol. The molecule has 0 N–H and O–H groups in total. The van der Waals surface area contributed by atoms with Crippen LogP contribution in [0.4, 0.5) is 0 Å². The van der Waals surface area contributed by atoms with Crippen molar-refractivity contribution in [3.63, 3.8) is 0 Å². The molecule has 0 bridgehead atoms. The highest BCUT2D eigenvalue weighted by Gasteiger charge is 1.90. The van der Waals surface area contributed by atoms with Crippen molar-refractivity contribution >= 4 is 22.5 Å². The third-order valence-corrected chi connectivity index (χ3v) is 3.11. The van der Waals surface area contributed by atoms with Gasteiger partial charge in [-0.2, -0.15) is 0 Å². The number of hydrogen-bond acceptors (Lipinski definition) is 2. The molecule has 2 heteroatoms. The second-order valence-electron chi connectivity index (χ2n) is 3.31. The summed E-state index contributed by atoms with van der Waals surface area (Å²) in [4.78, 5) is 0. The minimum Gasteiger partial charge on any atom is -0.111 e. The van der Waals surface area contributed by atoms with Crippen LogP contribution in [0.25, 0.3) is 0 Å². The van der Waals surface area contributed by atoms with Gasteiger partial charge in [0.1, 0.15) is 0 Å². The maximum atomic E-state index is 4.11. The van der Waals surface area contributed by atoms with Crippen molar-refractivity contribution in [1.29, 1.82) is 0 Å². The van der Waals surface area contributed by atoms with Crippen molar-refractivity contribution < 1.29 is 0 Å². The van der Waals surface area contributed by atoms with E-state index in [0.717, 1.165) is 0 Å². The summed E-state index contributed by atoms with van der Waals surface area (Å²) in [5.41, 5.74) is 0. The van der Waals surface area contributed by atoms with Gasteiger partial charge in [0, 0.05) is 5.75 Å². The van der Waals surface area contributed by atoms with E-state index in [2.05, 4.69) is 18.6 Å².